The summed E-state index contributed by atoms with van der Waals surface area (Å²) in [5.41, 5.74) is 3.23. The Kier molecular flexibility index (Phi) is 6.26. The summed E-state index contributed by atoms with van der Waals surface area (Å²) in [6.07, 6.45) is 3.31. The number of carbonyl (C=O) groups excluding carboxylic acids is 1. The molecule has 7 heteroatoms. The number of nitrogens with zero attached hydrogens (tertiary/aromatic N) is 2. The summed E-state index contributed by atoms with van der Waals surface area (Å²) < 4.78 is 28.0. The van der Waals surface area contributed by atoms with E-state index in [1.807, 2.05) is 65.0 Å². The van der Waals surface area contributed by atoms with Gasteiger partial charge in [-0.1, -0.05) is 39.0 Å². The van der Waals surface area contributed by atoms with E-state index in [0.717, 1.165) is 22.6 Å². The van der Waals surface area contributed by atoms with Gasteiger partial charge in [-0.15, -0.1) is 0 Å². The van der Waals surface area contributed by atoms with E-state index in [1.54, 1.807) is 10.8 Å². The molecule has 27 heavy (non-hydrogen) atoms. The van der Waals surface area contributed by atoms with Crippen LogP contribution >= 0.6 is 0 Å². The molecule has 0 aliphatic rings. The zero-order chi connectivity index (χ0) is 20.2. The molecule has 0 saturated carbocycles. The second-order valence-corrected chi connectivity index (χ2v) is 9.60. The van der Waals surface area contributed by atoms with Crippen LogP contribution in [0.4, 0.5) is 0 Å². The summed E-state index contributed by atoms with van der Waals surface area (Å²) in [6, 6.07) is 9.68. The highest BCUT2D eigenvalue weighted by Crippen LogP contribution is 2.20. The van der Waals surface area contributed by atoms with E-state index >= 15 is 0 Å². The van der Waals surface area contributed by atoms with Crippen LogP contribution in [0.5, 0.6) is 0 Å². The van der Waals surface area contributed by atoms with Crippen molar-refractivity contribution in [3.63, 3.8) is 0 Å². The minimum absolute atomic E-state index is 0.0833. The molecule has 1 N–H and O–H groups in total. The van der Waals surface area contributed by atoms with Crippen molar-refractivity contribution in [2.75, 3.05) is 5.75 Å². The summed E-state index contributed by atoms with van der Waals surface area (Å²) in [7, 11) is -3.65. The zero-order valence-electron chi connectivity index (χ0n) is 16.5. The Hall–Kier alpha value is -2.41. The van der Waals surface area contributed by atoms with Crippen molar-refractivity contribution in [2.24, 2.45) is 5.41 Å². The van der Waals surface area contributed by atoms with Crippen molar-refractivity contribution in [1.82, 2.24) is 14.5 Å². The normalized spacial score (nSPS) is 12.5. The van der Waals surface area contributed by atoms with Gasteiger partial charge in [0, 0.05) is 17.3 Å². The summed E-state index contributed by atoms with van der Waals surface area (Å²) in [5, 5.41) is 4.50. The fourth-order valence-electron chi connectivity index (χ4n) is 2.55. The lowest BCUT2D eigenvalue weighted by atomic mass is 9.94. The Morgan fingerprint density at radius 1 is 1.19 bits per heavy atom. The Bertz CT molecular complexity index is 937. The molecular formula is C20H27N3O3S. The Morgan fingerprint density at radius 3 is 2.41 bits per heavy atom. The number of carbonyl (C=O) groups is 1. The van der Waals surface area contributed by atoms with Crippen LogP contribution in [0, 0.1) is 19.3 Å². The SMILES string of the molecule is Cc1nn(-c2ccccc2)c(C)c1/C=C/C(=O)NS(=O)(=O)CCC(C)(C)C. The minimum Gasteiger partial charge on any atom is -0.269 e. The standard InChI is InChI=1S/C20H27N3O3S/c1-15-18(16(2)23(21-15)17-9-7-6-8-10-17)11-12-19(24)22-27(25,26)14-13-20(3,4)5/h6-12H,13-14H2,1-5H3,(H,22,24)/b12-11+. The van der Waals surface area contributed by atoms with Crippen LogP contribution in [0.15, 0.2) is 36.4 Å². The number of rotatable bonds is 6. The number of benzene rings is 1. The molecule has 0 atom stereocenters. The second kappa shape index (κ2) is 8.08. The van der Waals surface area contributed by atoms with Crippen LogP contribution in [0.2, 0.25) is 0 Å². The number of nitrogens with one attached hydrogen (secondary N) is 1. The summed E-state index contributed by atoms with van der Waals surface area (Å²) in [6.45, 7) is 9.63. The van der Waals surface area contributed by atoms with Gasteiger partial charge in [0.2, 0.25) is 10.0 Å². The lowest BCUT2D eigenvalue weighted by Gasteiger charge is -2.17. The van der Waals surface area contributed by atoms with Gasteiger partial charge < -0.3 is 0 Å². The van der Waals surface area contributed by atoms with E-state index in [4.69, 9.17) is 0 Å². The quantitative estimate of drug-likeness (QED) is 0.768. The van der Waals surface area contributed by atoms with Gasteiger partial charge in [0.1, 0.15) is 0 Å². The maximum absolute atomic E-state index is 12.1. The van der Waals surface area contributed by atoms with Gasteiger partial charge in [-0.2, -0.15) is 5.10 Å². The predicted molar refractivity (Wildman–Crippen MR) is 108 cm³/mol. The van der Waals surface area contributed by atoms with Gasteiger partial charge >= 0.3 is 0 Å². The predicted octanol–water partition coefficient (Wildman–Crippen LogP) is 3.38. The minimum atomic E-state index is -3.65. The first-order valence-electron chi connectivity index (χ1n) is 8.83. The monoisotopic (exact) mass is 389 g/mol. The first-order valence-corrected chi connectivity index (χ1v) is 10.5. The fraction of sp³-hybridized carbons (Fsp3) is 0.400. The van der Waals surface area contributed by atoms with Crippen LogP contribution in [0.25, 0.3) is 11.8 Å². The first kappa shape index (κ1) is 20.9. The number of aromatic nitrogens is 2. The highest BCUT2D eigenvalue weighted by Gasteiger charge is 2.19. The van der Waals surface area contributed by atoms with Crippen molar-refractivity contribution in [2.45, 2.75) is 41.0 Å². The Balaban J connectivity index is 2.12. The number of aryl methyl sites for hydroxylation is 1. The topological polar surface area (TPSA) is 81.1 Å². The third kappa shape index (κ3) is 6.06. The largest absolute Gasteiger partial charge is 0.269 e. The van der Waals surface area contributed by atoms with Gasteiger partial charge in [0.15, 0.2) is 0 Å². The van der Waals surface area contributed by atoms with Crippen LogP contribution in [-0.4, -0.2) is 29.9 Å². The number of hydrogen-bond donors (Lipinski definition) is 1. The van der Waals surface area contributed by atoms with Crippen LogP contribution < -0.4 is 4.72 Å². The maximum atomic E-state index is 12.1. The molecule has 2 aromatic rings. The lowest BCUT2D eigenvalue weighted by molar-refractivity contribution is -0.114. The molecule has 0 fully saturated rings. The van der Waals surface area contributed by atoms with Crippen molar-refractivity contribution in [3.05, 3.63) is 53.4 Å². The smallest absolute Gasteiger partial charge is 0.257 e. The zero-order valence-corrected chi connectivity index (χ0v) is 17.3. The highest BCUT2D eigenvalue weighted by molar-refractivity contribution is 7.90. The molecule has 0 aliphatic heterocycles. The van der Waals surface area contributed by atoms with Gasteiger partial charge in [0.25, 0.3) is 5.91 Å². The second-order valence-electron chi connectivity index (χ2n) is 7.76. The highest BCUT2D eigenvalue weighted by atomic mass is 32.2. The average Bonchev–Trinajstić information content (AvgIpc) is 2.85. The van der Waals surface area contributed by atoms with Gasteiger partial charge in [-0.25, -0.2) is 17.8 Å². The summed E-state index contributed by atoms with van der Waals surface area (Å²) in [5.74, 6) is -0.741. The van der Waals surface area contributed by atoms with E-state index in [-0.39, 0.29) is 11.2 Å². The molecule has 0 aliphatic carbocycles. The maximum Gasteiger partial charge on any atom is 0.257 e. The molecule has 2 rings (SSSR count). The number of para-hydroxylation sites is 1. The molecular weight excluding hydrogens is 362 g/mol. The third-order valence-electron chi connectivity index (χ3n) is 4.13. The Morgan fingerprint density at radius 2 is 1.81 bits per heavy atom. The summed E-state index contributed by atoms with van der Waals surface area (Å²) >= 11 is 0. The van der Waals surface area contributed by atoms with Crippen molar-refractivity contribution < 1.29 is 13.2 Å². The first-order chi connectivity index (χ1) is 12.5. The molecule has 1 heterocycles. The van der Waals surface area contributed by atoms with Gasteiger partial charge in [-0.3, -0.25) is 4.79 Å². The Labute approximate surface area is 161 Å². The molecule has 0 saturated heterocycles. The van der Waals surface area contributed by atoms with Gasteiger partial charge in [0.05, 0.1) is 17.1 Å². The fourth-order valence-corrected chi connectivity index (χ4v) is 3.91. The van der Waals surface area contributed by atoms with Crippen LogP contribution in [-0.2, 0) is 14.8 Å². The molecule has 146 valence electrons. The third-order valence-corrected chi connectivity index (χ3v) is 5.38. The molecule has 0 unspecified atom stereocenters. The van der Waals surface area contributed by atoms with Crippen LogP contribution in [0.3, 0.4) is 0 Å². The average molecular weight is 390 g/mol. The van der Waals surface area contributed by atoms with E-state index in [0.29, 0.717) is 6.42 Å². The number of sulfonamides is 1. The van der Waals surface area contributed by atoms with E-state index < -0.39 is 15.9 Å². The van der Waals surface area contributed by atoms with E-state index in [1.165, 1.54) is 6.08 Å². The molecule has 1 aromatic heterocycles. The molecule has 0 bridgehead atoms. The molecule has 1 amide bonds. The van der Waals surface area contributed by atoms with Crippen molar-refractivity contribution >= 4 is 22.0 Å². The number of amides is 1. The van der Waals surface area contributed by atoms with E-state index in [9.17, 15) is 13.2 Å². The van der Waals surface area contributed by atoms with Crippen LogP contribution in [0.1, 0.15) is 44.1 Å². The lowest BCUT2D eigenvalue weighted by Crippen LogP contribution is -2.32. The molecule has 1 aromatic carbocycles. The molecule has 6 nitrogen and oxygen atoms in total. The summed E-state index contributed by atoms with van der Waals surface area (Å²) in [4.78, 5) is 12.1. The van der Waals surface area contributed by atoms with Gasteiger partial charge in [-0.05, 0) is 43.9 Å². The van der Waals surface area contributed by atoms with Crippen molar-refractivity contribution in [1.29, 1.82) is 0 Å². The molecule has 0 spiro atoms. The van der Waals surface area contributed by atoms with Crippen molar-refractivity contribution in [3.8, 4) is 5.69 Å². The van der Waals surface area contributed by atoms with E-state index in [2.05, 4.69) is 9.82 Å². The number of hydrogen-bond acceptors (Lipinski definition) is 4. The molecule has 0 radical (unpaired) electrons.